The van der Waals surface area contributed by atoms with Crippen LogP contribution >= 0.6 is 0 Å². The van der Waals surface area contributed by atoms with Crippen LogP contribution in [0.5, 0.6) is 11.5 Å². The highest BCUT2D eigenvalue weighted by molar-refractivity contribution is 6.05. The van der Waals surface area contributed by atoms with Crippen molar-refractivity contribution in [1.29, 1.82) is 0 Å². The minimum Gasteiger partial charge on any atom is -0.504 e. The number of nitrogens with one attached hydrogen (secondary N) is 1. The first-order chi connectivity index (χ1) is 17.5. The standard InChI is InChI=1S/C29H30N2O5/c32-21-7-6-18-14-22-29(34)10-8-20(30-27(33)19-3-1-2-17-9-13-35-24(17)19)26-28(29,23(18)25(21)36-26)11-12-31(22)15-16-4-5-16/h1-3,6-7,9,13,16,20,22,26,32,34H,4-5,8,10-12,14-15H2,(H,30,33)/t20-,22-,26+,28+,29-/m1/s1. The summed E-state index contributed by atoms with van der Waals surface area (Å²) >= 11 is 0. The third-order valence-corrected chi connectivity index (χ3v) is 9.80. The van der Waals surface area contributed by atoms with Gasteiger partial charge in [-0.1, -0.05) is 18.2 Å². The van der Waals surface area contributed by atoms with E-state index in [1.54, 1.807) is 18.4 Å². The van der Waals surface area contributed by atoms with Crippen LogP contribution in [0.3, 0.4) is 0 Å². The van der Waals surface area contributed by atoms with Crippen LogP contribution in [0.4, 0.5) is 0 Å². The smallest absolute Gasteiger partial charge is 0.255 e. The van der Waals surface area contributed by atoms with E-state index in [-0.39, 0.29) is 23.7 Å². The minimum atomic E-state index is -0.959. The molecule has 1 aromatic heterocycles. The average molecular weight is 487 g/mol. The fourth-order valence-electron chi connectivity index (χ4n) is 8.05. The zero-order valence-electron chi connectivity index (χ0n) is 20.1. The molecule has 1 amide bonds. The van der Waals surface area contributed by atoms with Crippen LogP contribution < -0.4 is 10.1 Å². The highest BCUT2D eigenvalue weighted by Crippen LogP contribution is 2.65. The summed E-state index contributed by atoms with van der Waals surface area (Å²) in [6, 6.07) is 10.9. The molecule has 1 saturated heterocycles. The lowest BCUT2D eigenvalue weighted by Gasteiger charge is -2.64. The summed E-state index contributed by atoms with van der Waals surface area (Å²) in [5.74, 6) is 1.16. The number of nitrogens with zero attached hydrogens (tertiary/aromatic N) is 1. The van der Waals surface area contributed by atoms with Crippen molar-refractivity contribution >= 4 is 16.9 Å². The number of amides is 1. The van der Waals surface area contributed by atoms with Crippen molar-refractivity contribution < 1.29 is 24.2 Å². The van der Waals surface area contributed by atoms with Crippen LogP contribution in [-0.4, -0.2) is 57.9 Å². The number of rotatable bonds is 4. The Morgan fingerprint density at radius 3 is 2.89 bits per heavy atom. The molecule has 36 heavy (non-hydrogen) atoms. The molecule has 0 unspecified atom stereocenters. The molecule has 3 aliphatic carbocycles. The van der Waals surface area contributed by atoms with Crippen molar-refractivity contribution in [3.8, 4) is 11.5 Å². The quantitative estimate of drug-likeness (QED) is 0.523. The summed E-state index contributed by atoms with van der Waals surface area (Å²) in [5, 5.41) is 27.5. The fraction of sp³-hybridized carbons (Fsp3) is 0.483. The molecule has 2 aliphatic heterocycles. The number of phenols is 1. The fourth-order valence-corrected chi connectivity index (χ4v) is 8.05. The van der Waals surface area contributed by atoms with Crippen molar-refractivity contribution in [1.82, 2.24) is 10.2 Å². The van der Waals surface area contributed by atoms with Crippen LogP contribution in [0.2, 0.25) is 0 Å². The SMILES string of the molecule is O=C(N[C@@H]1CC[C@@]2(O)[C@H]3Cc4ccc(O)c5c4[C@@]2(CCN3CC2CC2)[C@H]1O5)c1cccc2ccoc12. The van der Waals surface area contributed by atoms with E-state index in [0.29, 0.717) is 29.7 Å². The second-order valence-corrected chi connectivity index (χ2v) is 11.6. The number of aliphatic hydroxyl groups is 1. The average Bonchev–Trinajstić information content (AvgIpc) is 3.41. The molecule has 186 valence electrons. The van der Waals surface area contributed by atoms with Gasteiger partial charge in [-0.25, -0.2) is 0 Å². The topological polar surface area (TPSA) is 95.2 Å². The monoisotopic (exact) mass is 486 g/mol. The van der Waals surface area contributed by atoms with Crippen LogP contribution in [0.1, 0.15) is 53.6 Å². The summed E-state index contributed by atoms with van der Waals surface area (Å²) in [6.07, 6.45) is 6.43. The number of para-hydroxylation sites is 1. The van der Waals surface area contributed by atoms with E-state index in [9.17, 15) is 15.0 Å². The third-order valence-electron chi connectivity index (χ3n) is 9.80. The van der Waals surface area contributed by atoms with Gasteiger partial charge < -0.3 is 24.7 Å². The van der Waals surface area contributed by atoms with Crippen molar-refractivity contribution in [3.05, 3.63) is 59.4 Å². The number of hydrogen-bond acceptors (Lipinski definition) is 6. The van der Waals surface area contributed by atoms with E-state index in [1.807, 2.05) is 24.3 Å². The number of carbonyl (C=O) groups is 1. The number of aromatic hydroxyl groups is 1. The second kappa shape index (κ2) is 7.05. The Labute approximate surface area is 209 Å². The predicted molar refractivity (Wildman–Crippen MR) is 132 cm³/mol. The van der Waals surface area contributed by atoms with Crippen molar-refractivity contribution in [2.24, 2.45) is 5.92 Å². The van der Waals surface area contributed by atoms with Gasteiger partial charge in [0.2, 0.25) is 0 Å². The van der Waals surface area contributed by atoms with Crippen LogP contribution in [0, 0.1) is 5.92 Å². The first-order valence-electron chi connectivity index (χ1n) is 13.2. The van der Waals surface area contributed by atoms with Gasteiger partial charge >= 0.3 is 0 Å². The minimum absolute atomic E-state index is 0.0226. The highest BCUT2D eigenvalue weighted by atomic mass is 16.5. The third kappa shape index (κ3) is 2.57. The lowest BCUT2D eigenvalue weighted by molar-refractivity contribution is -0.191. The van der Waals surface area contributed by atoms with Gasteiger partial charge in [0.1, 0.15) is 11.7 Å². The number of furan rings is 1. The zero-order chi connectivity index (χ0) is 24.2. The van der Waals surface area contributed by atoms with E-state index in [0.717, 1.165) is 48.4 Å². The maximum absolute atomic E-state index is 13.5. The Morgan fingerprint density at radius 1 is 1.14 bits per heavy atom. The molecule has 1 spiro atoms. The number of ether oxygens (including phenoxy) is 1. The molecular formula is C29H30N2O5. The lowest BCUT2D eigenvalue weighted by Crippen LogP contribution is -2.78. The number of piperidine rings is 1. The van der Waals surface area contributed by atoms with Crippen LogP contribution in [-0.2, 0) is 11.8 Å². The Kier molecular flexibility index (Phi) is 4.13. The molecule has 2 aromatic carbocycles. The first-order valence-corrected chi connectivity index (χ1v) is 13.2. The lowest BCUT2D eigenvalue weighted by atomic mass is 9.48. The molecule has 5 atom stereocenters. The molecule has 0 radical (unpaired) electrons. The van der Waals surface area contributed by atoms with Gasteiger partial charge in [0.05, 0.1) is 28.9 Å². The van der Waals surface area contributed by atoms with E-state index < -0.39 is 17.1 Å². The largest absolute Gasteiger partial charge is 0.504 e. The summed E-state index contributed by atoms with van der Waals surface area (Å²) in [7, 11) is 0. The normalized spacial score (nSPS) is 34.3. The van der Waals surface area contributed by atoms with Crippen molar-refractivity contribution in [2.45, 2.75) is 67.7 Å². The summed E-state index contributed by atoms with van der Waals surface area (Å²) < 4.78 is 12.2. The van der Waals surface area contributed by atoms with Crippen LogP contribution in [0.25, 0.3) is 11.0 Å². The molecule has 3 N–H and O–H groups in total. The van der Waals surface area contributed by atoms with Gasteiger partial charge in [-0.15, -0.1) is 0 Å². The molecular weight excluding hydrogens is 456 g/mol. The van der Waals surface area contributed by atoms with Gasteiger partial charge in [-0.2, -0.15) is 0 Å². The van der Waals surface area contributed by atoms with E-state index in [2.05, 4.69) is 10.2 Å². The number of fused-ring (bicyclic) bond motifs is 1. The molecule has 8 rings (SSSR count). The summed E-state index contributed by atoms with van der Waals surface area (Å²) in [4.78, 5) is 16.0. The van der Waals surface area contributed by atoms with Gasteiger partial charge in [0.25, 0.3) is 5.91 Å². The molecule has 3 heterocycles. The van der Waals surface area contributed by atoms with Gasteiger partial charge in [0, 0.05) is 23.5 Å². The van der Waals surface area contributed by atoms with E-state index in [4.69, 9.17) is 9.15 Å². The van der Waals surface area contributed by atoms with Gasteiger partial charge in [0.15, 0.2) is 11.5 Å². The molecule has 7 heteroatoms. The predicted octanol–water partition coefficient (Wildman–Crippen LogP) is 3.50. The molecule has 2 bridgehead atoms. The molecule has 3 aromatic rings. The second-order valence-electron chi connectivity index (χ2n) is 11.6. The molecule has 2 saturated carbocycles. The Hall–Kier alpha value is -3.03. The Balaban J connectivity index is 1.20. The zero-order valence-corrected chi connectivity index (χ0v) is 20.1. The molecule has 5 aliphatic rings. The van der Waals surface area contributed by atoms with Gasteiger partial charge in [-0.05, 0) is 74.8 Å². The first kappa shape index (κ1) is 21.1. The summed E-state index contributed by atoms with van der Waals surface area (Å²) in [5.41, 5.74) is 1.60. The Morgan fingerprint density at radius 2 is 2.03 bits per heavy atom. The van der Waals surface area contributed by atoms with Gasteiger partial charge in [-0.3, -0.25) is 9.69 Å². The summed E-state index contributed by atoms with van der Waals surface area (Å²) in [6.45, 7) is 1.94. The van der Waals surface area contributed by atoms with E-state index >= 15 is 0 Å². The van der Waals surface area contributed by atoms with E-state index in [1.165, 1.54) is 12.8 Å². The van der Waals surface area contributed by atoms with Crippen LogP contribution in [0.15, 0.2) is 47.1 Å². The molecule has 7 nitrogen and oxygen atoms in total. The number of likely N-dealkylation sites (tertiary alicyclic amines) is 1. The van der Waals surface area contributed by atoms with Crippen molar-refractivity contribution in [3.63, 3.8) is 0 Å². The highest BCUT2D eigenvalue weighted by Gasteiger charge is 2.73. The maximum Gasteiger partial charge on any atom is 0.255 e. The number of hydrogen-bond donors (Lipinski definition) is 3. The Bertz CT molecular complexity index is 1410. The number of carbonyl (C=O) groups excluding carboxylic acids is 1. The molecule has 3 fully saturated rings. The maximum atomic E-state index is 13.5. The number of benzene rings is 2. The van der Waals surface area contributed by atoms with Crippen molar-refractivity contribution in [2.75, 3.05) is 13.1 Å². The number of phenolic OH excluding ortho intramolecular Hbond substituents is 1.